The van der Waals surface area contributed by atoms with Crippen LogP contribution in [0.3, 0.4) is 0 Å². The molecule has 30 heavy (non-hydrogen) atoms. The normalized spacial score (nSPS) is 16.6. The number of carbonyl (C=O) groups is 2. The molecule has 2 aromatic heterocycles. The van der Waals surface area contributed by atoms with Gasteiger partial charge < -0.3 is 20.1 Å². The highest BCUT2D eigenvalue weighted by molar-refractivity contribution is 5.93. The molecule has 0 saturated carbocycles. The first-order valence-electron chi connectivity index (χ1n) is 9.11. The quantitative estimate of drug-likeness (QED) is 0.711. The van der Waals surface area contributed by atoms with Gasteiger partial charge in [0.15, 0.2) is 17.5 Å². The molecule has 3 heterocycles. The minimum absolute atomic E-state index is 0.113. The van der Waals surface area contributed by atoms with E-state index in [9.17, 15) is 27.2 Å². The molecule has 0 radical (unpaired) electrons. The standard InChI is InChI=1S/C18H20F4N6O2/c1-27(2)17(30)12-6-10(7-23-12)14-24-8-11(19)15(26-14)28-5-3-4-13(28)16(29)25-9-18(20,21)22/h6-8,13,23H,3-5,9H2,1-2H3,(H,25,29)/t13-/m1/s1. The lowest BCUT2D eigenvalue weighted by Crippen LogP contribution is -2.46. The molecule has 2 aromatic rings. The Morgan fingerprint density at radius 1 is 1.37 bits per heavy atom. The smallest absolute Gasteiger partial charge is 0.356 e. The van der Waals surface area contributed by atoms with Crippen molar-refractivity contribution in [1.82, 2.24) is 25.2 Å². The van der Waals surface area contributed by atoms with E-state index in [2.05, 4.69) is 15.0 Å². The van der Waals surface area contributed by atoms with Crippen molar-refractivity contribution >= 4 is 17.6 Å². The van der Waals surface area contributed by atoms with E-state index in [4.69, 9.17) is 0 Å². The predicted octanol–water partition coefficient (Wildman–Crippen LogP) is 1.96. The minimum Gasteiger partial charge on any atom is -0.356 e. The van der Waals surface area contributed by atoms with Gasteiger partial charge in [-0.25, -0.2) is 14.4 Å². The second-order valence-corrected chi connectivity index (χ2v) is 7.05. The van der Waals surface area contributed by atoms with Gasteiger partial charge in [-0.1, -0.05) is 0 Å². The Balaban J connectivity index is 1.84. The molecule has 0 aromatic carbocycles. The highest BCUT2D eigenvalue weighted by Crippen LogP contribution is 2.28. The van der Waals surface area contributed by atoms with Gasteiger partial charge in [-0.05, 0) is 18.9 Å². The maximum atomic E-state index is 14.4. The Morgan fingerprint density at radius 2 is 2.10 bits per heavy atom. The fourth-order valence-corrected chi connectivity index (χ4v) is 3.18. The van der Waals surface area contributed by atoms with Crippen LogP contribution in [0, 0.1) is 5.82 Å². The number of aromatic amines is 1. The van der Waals surface area contributed by atoms with Crippen LogP contribution in [0.5, 0.6) is 0 Å². The van der Waals surface area contributed by atoms with Crippen LogP contribution in [0.4, 0.5) is 23.4 Å². The number of aromatic nitrogens is 3. The average molecular weight is 428 g/mol. The van der Waals surface area contributed by atoms with E-state index in [1.165, 1.54) is 22.1 Å². The molecule has 1 saturated heterocycles. The van der Waals surface area contributed by atoms with Crippen LogP contribution < -0.4 is 10.2 Å². The first kappa shape index (κ1) is 21.5. The molecule has 1 atom stereocenters. The molecule has 1 aliphatic rings. The highest BCUT2D eigenvalue weighted by atomic mass is 19.4. The molecular weight excluding hydrogens is 408 g/mol. The second-order valence-electron chi connectivity index (χ2n) is 7.05. The minimum atomic E-state index is -4.54. The third-order valence-corrected chi connectivity index (χ3v) is 4.59. The van der Waals surface area contributed by atoms with Gasteiger partial charge in [0.2, 0.25) is 5.91 Å². The van der Waals surface area contributed by atoms with Crippen molar-refractivity contribution in [3.63, 3.8) is 0 Å². The number of hydrogen-bond acceptors (Lipinski definition) is 5. The summed E-state index contributed by atoms with van der Waals surface area (Å²) in [6.07, 6.45) is -1.35. The zero-order chi connectivity index (χ0) is 22.1. The van der Waals surface area contributed by atoms with E-state index in [1.807, 2.05) is 5.32 Å². The molecule has 162 valence electrons. The van der Waals surface area contributed by atoms with Gasteiger partial charge in [0.1, 0.15) is 18.3 Å². The summed E-state index contributed by atoms with van der Waals surface area (Å²) < 4.78 is 51.6. The van der Waals surface area contributed by atoms with E-state index < -0.39 is 30.5 Å². The van der Waals surface area contributed by atoms with Crippen molar-refractivity contribution in [1.29, 1.82) is 0 Å². The van der Waals surface area contributed by atoms with Crippen molar-refractivity contribution in [2.75, 3.05) is 32.1 Å². The molecule has 2 amide bonds. The number of anilines is 1. The Morgan fingerprint density at radius 3 is 2.77 bits per heavy atom. The lowest BCUT2D eigenvalue weighted by molar-refractivity contribution is -0.139. The summed E-state index contributed by atoms with van der Waals surface area (Å²) in [4.78, 5) is 37.9. The van der Waals surface area contributed by atoms with E-state index in [0.29, 0.717) is 12.0 Å². The maximum Gasteiger partial charge on any atom is 0.405 e. The van der Waals surface area contributed by atoms with Crippen LogP contribution in [-0.2, 0) is 4.79 Å². The zero-order valence-electron chi connectivity index (χ0n) is 16.3. The lowest BCUT2D eigenvalue weighted by Gasteiger charge is -2.25. The summed E-state index contributed by atoms with van der Waals surface area (Å²) in [5.74, 6) is -1.98. The first-order valence-corrected chi connectivity index (χ1v) is 9.11. The third kappa shape index (κ3) is 4.69. The van der Waals surface area contributed by atoms with Gasteiger partial charge in [-0.3, -0.25) is 9.59 Å². The lowest BCUT2D eigenvalue weighted by atomic mass is 10.2. The second kappa shape index (κ2) is 8.28. The third-order valence-electron chi connectivity index (χ3n) is 4.59. The summed E-state index contributed by atoms with van der Waals surface area (Å²) in [6, 6.07) is 0.540. The van der Waals surface area contributed by atoms with Crippen LogP contribution in [0.25, 0.3) is 11.4 Å². The van der Waals surface area contributed by atoms with Gasteiger partial charge in [0.25, 0.3) is 5.91 Å². The number of nitrogens with zero attached hydrogens (tertiary/aromatic N) is 4. The molecule has 8 nitrogen and oxygen atoms in total. The Bertz CT molecular complexity index is 943. The van der Waals surface area contributed by atoms with E-state index in [1.54, 1.807) is 14.1 Å². The summed E-state index contributed by atoms with van der Waals surface area (Å²) in [5, 5.41) is 1.84. The van der Waals surface area contributed by atoms with E-state index in [0.717, 1.165) is 6.20 Å². The largest absolute Gasteiger partial charge is 0.405 e. The summed E-state index contributed by atoms with van der Waals surface area (Å²) in [5.41, 5.74) is 0.716. The van der Waals surface area contributed by atoms with Crippen molar-refractivity contribution in [3.05, 3.63) is 30.0 Å². The number of amides is 2. The Labute approximate surface area is 169 Å². The number of hydrogen-bond donors (Lipinski definition) is 2. The molecular formula is C18H20F4N6O2. The number of carbonyl (C=O) groups excluding carboxylic acids is 2. The van der Waals surface area contributed by atoms with Gasteiger partial charge in [-0.2, -0.15) is 13.2 Å². The number of H-pyrrole nitrogens is 1. The molecule has 3 rings (SSSR count). The van der Waals surface area contributed by atoms with Gasteiger partial charge in [-0.15, -0.1) is 0 Å². The molecule has 1 aliphatic heterocycles. The predicted molar refractivity (Wildman–Crippen MR) is 99.2 cm³/mol. The maximum absolute atomic E-state index is 14.4. The highest BCUT2D eigenvalue weighted by Gasteiger charge is 2.36. The molecule has 12 heteroatoms. The molecule has 0 spiro atoms. The van der Waals surface area contributed by atoms with Crippen molar-refractivity contribution in [2.24, 2.45) is 0 Å². The first-order chi connectivity index (χ1) is 14.1. The fraction of sp³-hybridized carbons (Fsp3) is 0.444. The summed E-state index contributed by atoms with van der Waals surface area (Å²) >= 11 is 0. The Kier molecular flexibility index (Phi) is 5.94. The zero-order valence-corrected chi connectivity index (χ0v) is 16.3. The number of nitrogens with one attached hydrogen (secondary N) is 2. The molecule has 0 aliphatic carbocycles. The average Bonchev–Trinajstić information content (AvgIpc) is 3.35. The van der Waals surface area contributed by atoms with Gasteiger partial charge in [0.05, 0.1) is 6.20 Å². The van der Waals surface area contributed by atoms with Crippen LogP contribution in [0.2, 0.25) is 0 Å². The summed E-state index contributed by atoms with van der Waals surface area (Å²) in [7, 11) is 3.18. The summed E-state index contributed by atoms with van der Waals surface area (Å²) in [6.45, 7) is -1.20. The Hall–Kier alpha value is -3.18. The topological polar surface area (TPSA) is 94.2 Å². The van der Waals surface area contributed by atoms with Crippen molar-refractivity contribution in [2.45, 2.75) is 25.1 Å². The number of halogens is 4. The molecule has 0 unspecified atom stereocenters. The SMILES string of the molecule is CN(C)C(=O)c1cc(-c2ncc(F)c(N3CCC[C@@H]3C(=O)NCC(F)(F)F)n2)c[nH]1. The van der Waals surface area contributed by atoms with Crippen molar-refractivity contribution < 1.29 is 27.2 Å². The fourth-order valence-electron chi connectivity index (χ4n) is 3.18. The van der Waals surface area contributed by atoms with Gasteiger partial charge >= 0.3 is 6.18 Å². The molecule has 0 bridgehead atoms. The number of alkyl halides is 3. The molecule has 2 N–H and O–H groups in total. The van der Waals surface area contributed by atoms with E-state index >= 15 is 0 Å². The van der Waals surface area contributed by atoms with Gasteiger partial charge in [0, 0.05) is 32.4 Å². The van der Waals surface area contributed by atoms with Crippen LogP contribution >= 0.6 is 0 Å². The number of rotatable bonds is 5. The van der Waals surface area contributed by atoms with Crippen molar-refractivity contribution in [3.8, 4) is 11.4 Å². The van der Waals surface area contributed by atoms with E-state index in [-0.39, 0.29) is 36.2 Å². The van der Waals surface area contributed by atoms with Crippen LogP contribution in [0.15, 0.2) is 18.5 Å². The van der Waals surface area contributed by atoms with Crippen LogP contribution in [0.1, 0.15) is 23.3 Å². The van der Waals surface area contributed by atoms with Crippen LogP contribution in [-0.4, -0.2) is 71.1 Å². The molecule has 1 fully saturated rings. The monoisotopic (exact) mass is 428 g/mol.